The first kappa shape index (κ1) is 21.0. The maximum Gasteiger partial charge on any atom is 0.263 e. The van der Waals surface area contributed by atoms with Crippen molar-refractivity contribution in [3.8, 4) is 11.3 Å². The van der Waals surface area contributed by atoms with E-state index >= 15 is 0 Å². The molecule has 0 saturated carbocycles. The van der Waals surface area contributed by atoms with Crippen LogP contribution in [-0.2, 0) is 19.9 Å². The summed E-state index contributed by atoms with van der Waals surface area (Å²) >= 11 is 0. The van der Waals surface area contributed by atoms with Crippen LogP contribution < -0.4 is 4.72 Å². The predicted molar refractivity (Wildman–Crippen MR) is 117 cm³/mol. The van der Waals surface area contributed by atoms with Crippen LogP contribution in [0.15, 0.2) is 70.5 Å². The first-order valence-electron chi connectivity index (χ1n) is 9.13. The van der Waals surface area contributed by atoms with Crippen LogP contribution >= 0.6 is 0 Å². The SMILES string of the molecule is Cc1cc(-c2n[nH]c3ccc(NS(=O)(=O)c4ccccc4S(C)(=O)=O)cc23)ccc1F. The lowest BCUT2D eigenvalue weighted by Crippen LogP contribution is -2.16. The van der Waals surface area contributed by atoms with Crippen LogP contribution in [0.3, 0.4) is 0 Å². The van der Waals surface area contributed by atoms with E-state index in [-0.39, 0.29) is 21.3 Å². The quantitative estimate of drug-likeness (QED) is 0.471. The van der Waals surface area contributed by atoms with Gasteiger partial charge in [0.05, 0.1) is 16.1 Å². The molecule has 0 fully saturated rings. The van der Waals surface area contributed by atoms with Crippen molar-refractivity contribution in [1.29, 1.82) is 0 Å². The van der Waals surface area contributed by atoms with Gasteiger partial charge in [-0.15, -0.1) is 0 Å². The van der Waals surface area contributed by atoms with Gasteiger partial charge in [0.15, 0.2) is 9.84 Å². The third-order valence-corrected chi connectivity index (χ3v) is 7.51. The van der Waals surface area contributed by atoms with Gasteiger partial charge in [0.1, 0.15) is 10.7 Å². The number of fused-ring (bicyclic) bond motifs is 1. The molecule has 7 nitrogen and oxygen atoms in total. The number of halogens is 1. The number of aryl methyl sites for hydroxylation is 1. The third kappa shape index (κ3) is 4.04. The summed E-state index contributed by atoms with van der Waals surface area (Å²) in [6, 6.07) is 14.8. The molecule has 0 aliphatic carbocycles. The molecule has 31 heavy (non-hydrogen) atoms. The van der Waals surface area contributed by atoms with Gasteiger partial charge in [-0.1, -0.05) is 12.1 Å². The van der Waals surface area contributed by atoms with Crippen molar-refractivity contribution in [2.45, 2.75) is 16.7 Å². The van der Waals surface area contributed by atoms with Crippen molar-refractivity contribution in [2.24, 2.45) is 0 Å². The van der Waals surface area contributed by atoms with E-state index in [4.69, 9.17) is 0 Å². The summed E-state index contributed by atoms with van der Waals surface area (Å²) < 4.78 is 66.0. The second kappa shape index (κ2) is 7.47. The number of benzene rings is 3. The molecule has 0 unspecified atom stereocenters. The summed E-state index contributed by atoms with van der Waals surface area (Å²) in [5, 5.41) is 7.77. The van der Waals surface area contributed by atoms with Crippen molar-refractivity contribution in [2.75, 3.05) is 11.0 Å². The number of nitrogens with one attached hydrogen (secondary N) is 2. The maximum atomic E-state index is 13.6. The molecule has 0 saturated heterocycles. The first-order valence-corrected chi connectivity index (χ1v) is 12.5. The number of sulfonamides is 1. The number of anilines is 1. The van der Waals surface area contributed by atoms with E-state index in [1.165, 1.54) is 30.3 Å². The molecule has 0 bridgehead atoms. The van der Waals surface area contributed by atoms with Gasteiger partial charge in [0.25, 0.3) is 10.0 Å². The van der Waals surface area contributed by atoms with Crippen molar-refractivity contribution in [1.82, 2.24) is 10.2 Å². The monoisotopic (exact) mass is 459 g/mol. The van der Waals surface area contributed by atoms with E-state index in [1.54, 1.807) is 37.3 Å². The van der Waals surface area contributed by atoms with Gasteiger partial charge < -0.3 is 0 Å². The van der Waals surface area contributed by atoms with Crippen LogP contribution in [0.1, 0.15) is 5.56 Å². The summed E-state index contributed by atoms with van der Waals surface area (Å²) in [5.74, 6) is -0.332. The van der Waals surface area contributed by atoms with Crippen LogP contribution in [0.25, 0.3) is 22.2 Å². The summed E-state index contributed by atoms with van der Waals surface area (Å²) in [4.78, 5) is -0.617. The van der Waals surface area contributed by atoms with Gasteiger partial charge in [0.2, 0.25) is 0 Å². The van der Waals surface area contributed by atoms with E-state index in [9.17, 15) is 21.2 Å². The zero-order valence-corrected chi connectivity index (χ0v) is 18.2. The van der Waals surface area contributed by atoms with Crippen LogP contribution in [0.2, 0.25) is 0 Å². The highest BCUT2D eigenvalue weighted by molar-refractivity contribution is 7.95. The molecule has 0 spiro atoms. The second-order valence-corrected chi connectivity index (χ2v) is 10.8. The Kier molecular flexibility index (Phi) is 5.06. The molecular weight excluding hydrogens is 441 g/mol. The van der Waals surface area contributed by atoms with Gasteiger partial charge in [-0.05, 0) is 61.0 Å². The molecule has 2 N–H and O–H groups in total. The summed E-state index contributed by atoms with van der Waals surface area (Å²) in [6.07, 6.45) is 0.954. The van der Waals surface area contributed by atoms with Crippen LogP contribution in [0.4, 0.5) is 10.1 Å². The molecular formula is C21H18FN3O4S2. The van der Waals surface area contributed by atoms with E-state index in [1.807, 2.05) is 0 Å². The molecule has 1 heterocycles. The third-order valence-electron chi connectivity index (χ3n) is 4.78. The minimum atomic E-state index is -4.18. The van der Waals surface area contributed by atoms with E-state index < -0.39 is 19.9 Å². The number of nitrogens with zero attached hydrogens (tertiary/aromatic N) is 1. The van der Waals surface area contributed by atoms with Crippen LogP contribution in [0, 0.1) is 12.7 Å². The smallest absolute Gasteiger partial charge is 0.263 e. The van der Waals surface area contributed by atoms with Gasteiger partial charge in [-0.2, -0.15) is 5.10 Å². The molecule has 0 amide bonds. The van der Waals surface area contributed by atoms with Crippen molar-refractivity contribution in [3.05, 3.63) is 72.0 Å². The topological polar surface area (TPSA) is 109 Å². The normalized spacial score (nSPS) is 12.2. The summed E-state index contributed by atoms with van der Waals surface area (Å²) in [7, 11) is -7.93. The fourth-order valence-corrected chi connectivity index (χ4v) is 5.96. The Hall–Kier alpha value is -3.24. The highest BCUT2D eigenvalue weighted by Crippen LogP contribution is 2.31. The van der Waals surface area contributed by atoms with E-state index in [0.29, 0.717) is 27.7 Å². The predicted octanol–water partition coefficient (Wildman–Crippen LogP) is 3.88. The Labute approximate surface area is 178 Å². The lowest BCUT2D eigenvalue weighted by atomic mass is 10.0. The van der Waals surface area contributed by atoms with Gasteiger partial charge in [-0.25, -0.2) is 21.2 Å². The first-order chi connectivity index (χ1) is 14.6. The Morgan fingerprint density at radius 3 is 2.32 bits per heavy atom. The van der Waals surface area contributed by atoms with Crippen molar-refractivity contribution in [3.63, 3.8) is 0 Å². The minimum absolute atomic E-state index is 0.234. The lowest BCUT2D eigenvalue weighted by molar-refractivity contribution is 0.588. The molecule has 1 aromatic heterocycles. The number of rotatable bonds is 5. The van der Waals surface area contributed by atoms with Crippen molar-refractivity contribution >= 4 is 36.5 Å². The highest BCUT2D eigenvalue weighted by Gasteiger charge is 2.24. The molecule has 3 aromatic carbocycles. The largest absolute Gasteiger partial charge is 0.280 e. The van der Waals surface area contributed by atoms with E-state index in [0.717, 1.165) is 6.26 Å². The molecule has 10 heteroatoms. The molecule has 4 rings (SSSR count). The lowest BCUT2D eigenvalue weighted by Gasteiger charge is -2.11. The molecule has 0 aliphatic heterocycles. The number of H-pyrrole nitrogens is 1. The highest BCUT2D eigenvalue weighted by atomic mass is 32.2. The average Bonchev–Trinajstić information content (AvgIpc) is 3.12. The number of hydrogen-bond acceptors (Lipinski definition) is 5. The van der Waals surface area contributed by atoms with Crippen LogP contribution in [0.5, 0.6) is 0 Å². The number of aromatic amines is 1. The standard InChI is InChI=1S/C21H18FN3O4S2/c1-13-11-14(7-9-17(13)22)21-16-12-15(8-10-18(16)23-24-21)25-31(28,29)20-6-4-3-5-19(20)30(2,26)27/h3-12,25H,1-2H3,(H,23,24). The number of hydrogen-bond donors (Lipinski definition) is 2. The summed E-state index contributed by atoms with van der Waals surface area (Å²) in [5.41, 5.74) is 2.57. The Morgan fingerprint density at radius 1 is 0.935 bits per heavy atom. The molecule has 160 valence electrons. The second-order valence-electron chi connectivity index (χ2n) is 7.12. The fraction of sp³-hybridized carbons (Fsp3) is 0.0952. The van der Waals surface area contributed by atoms with Gasteiger partial charge >= 0.3 is 0 Å². The van der Waals surface area contributed by atoms with Gasteiger partial charge in [-0.3, -0.25) is 9.82 Å². The zero-order valence-electron chi connectivity index (χ0n) is 16.5. The Morgan fingerprint density at radius 2 is 1.65 bits per heavy atom. The molecule has 0 aliphatic rings. The Balaban J connectivity index is 1.77. The molecule has 4 aromatic rings. The van der Waals surface area contributed by atoms with Crippen molar-refractivity contribution < 1.29 is 21.2 Å². The van der Waals surface area contributed by atoms with Crippen LogP contribution in [-0.4, -0.2) is 33.3 Å². The minimum Gasteiger partial charge on any atom is -0.280 e. The fourth-order valence-electron chi connectivity index (χ4n) is 3.28. The maximum absolute atomic E-state index is 13.6. The number of aromatic nitrogens is 2. The van der Waals surface area contributed by atoms with Gasteiger partial charge in [0, 0.05) is 22.9 Å². The molecule has 0 radical (unpaired) electrons. The Bertz CT molecular complexity index is 1530. The summed E-state index contributed by atoms with van der Waals surface area (Å²) in [6.45, 7) is 1.65. The molecule has 0 atom stereocenters. The number of sulfone groups is 1. The average molecular weight is 460 g/mol. The zero-order chi connectivity index (χ0) is 22.4. The van der Waals surface area contributed by atoms with E-state index in [2.05, 4.69) is 14.9 Å².